The average Bonchev–Trinajstić information content (AvgIpc) is 3.10. The lowest BCUT2D eigenvalue weighted by molar-refractivity contribution is 0.0960. The Balaban J connectivity index is 1.92. The monoisotopic (exact) mass is 301 g/mol. The second kappa shape index (κ2) is 4.91. The van der Waals surface area contributed by atoms with Gasteiger partial charge in [-0.1, -0.05) is 0 Å². The maximum Gasteiger partial charge on any atom is 0.277 e. The van der Waals surface area contributed by atoms with E-state index >= 15 is 0 Å². The second-order valence-electron chi connectivity index (χ2n) is 5.75. The number of ether oxygens (including phenoxy) is 1. The Morgan fingerprint density at radius 1 is 1.45 bits per heavy atom. The number of rotatable bonds is 2. The van der Waals surface area contributed by atoms with E-state index in [9.17, 15) is 9.18 Å². The highest BCUT2D eigenvalue weighted by atomic mass is 19.1. The van der Waals surface area contributed by atoms with Crippen molar-refractivity contribution in [2.24, 2.45) is 7.05 Å². The highest BCUT2D eigenvalue weighted by molar-refractivity contribution is 6.05. The molecule has 0 unspecified atom stereocenters. The third-order valence-corrected chi connectivity index (χ3v) is 4.35. The first-order chi connectivity index (χ1) is 10.6. The maximum atomic E-state index is 13.5. The zero-order valence-corrected chi connectivity index (χ0v) is 12.3. The first-order valence-corrected chi connectivity index (χ1v) is 7.40. The molecule has 0 spiro atoms. The lowest BCUT2D eigenvalue weighted by Crippen LogP contribution is -2.27. The average molecular weight is 301 g/mol. The Bertz CT molecular complexity index is 922. The molecule has 0 N–H and O–H groups in total. The van der Waals surface area contributed by atoms with Crippen molar-refractivity contribution in [1.82, 2.24) is 14.1 Å². The van der Waals surface area contributed by atoms with Crippen LogP contribution in [0.1, 0.15) is 12.8 Å². The van der Waals surface area contributed by atoms with Gasteiger partial charge < -0.3 is 9.30 Å². The summed E-state index contributed by atoms with van der Waals surface area (Å²) >= 11 is 0. The topological polar surface area (TPSA) is 49.0 Å². The number of benzene rings is 1. The van der Waals surface area contributed by atoms with E-state index in [-0.39, 0.29) is 17.5 Å². The zero-order valence-electron chi connectivity index (χ0n) is 12.3. The minimum absolute atomic E-state index is 0.0732. The molecule has 1 aliphatic heterocycles. The number of nitrogens with zero attached hydrogens (tertiary/aromatic N) is 3. The predicted molar refractivity (Wildman–Crippen MR) is 81.4 cm³/mol. The molecule has 1 fully saturated rings. The molecule has 0 saturated carbocycles. The summed E-state index contributed by atoms with van der Waals surface area (Å²) in [7, 11) is 1.81. The van der Waals surface area contributed by atoms with E-state index in [0.29, 0.717) is 23.0 Å². The quantitative estimate of drug-likeness (QED) is 0.729. The van der Waals surface area contributed by atoms with Gasteiger partial charge in [0.2, 0.25) is 0 Å². The van der Waals surface area contributed by atoms with Gasteiger partial charge in [0.05, 0.1) is 24.5 Å². The van der Waals surface area contributed by atoms with Gasteiger partial charge in [-0.3, -0.25) is 9.36 Å². The van der Waals surface area contributed by atoms with Gasteiger partial charge in [-0.25, -0.2) is 9.37 Å². The molecule has 1 aliphatic rings. The van der Waals surface area contributed by atoms with E-state index < -0.39 is 0 Å². The third-order valence-electron chi connectivity index (χ3n) is 4.35. The van der Waals surface area contributed by atoms with Crippen molar-refractivity contribution >= 4 is 21.9 Å². The molecule has 0 aliphatic carbocycles. The Morgan fingerprint density at radius 3 is 3.09 bits per heavy atom. The zero-order chi connectivity index (χ0) is 15.3. The van der Waals surface area contributed by atoms with Crippen molar-refractivity contribution < 1.29 is 9.13 Å². The predicted octanol–water partition coefficient (Wildman–Crippen LogP) is 2.21. The molecule has 3 aromatic rings. The third kappa shape index (κ3) is 1.94. The molecule has 22 heavy (non-hydrogen) atoms. The second-order valence-corrected chi connectivity index (χ2v) is 5.75. The molecule has 0 amide bonds. The van der Waals surface area contributed by atoms with Crippen molar-refractivity contribution in [3.05, 3.63) is 40.7 Å². The van der Waals surface area contributed by atoms with Crippen molar-refractivity contribution in [3.8, 4) is 0 Å². The van der Waals surface area contributed by atoms with Crippen LogP contribution in [-0.2, 0) is 18.3 Å². The molecular formula is C16H16FN3O2. The lowest BCUT2D eigenvalue weighted by Gasteiger charge is -2.11. The minimum Gasteiger partial charge on any atom is -0.376 e. The summed E-state index contributed by atoms with van der Waals surface area (Å²) in [6.45, 7) is 1.26. The van der Waals surface area contributed by atoms with E-state index in [1.807, 2.05) is 7.05 Å². The molecule has 6 heteroatoms. The number of halogens is 1. The molecular weight excluding hydrogens is 285 g/mol. The Morgan fingerprint density at radius 2 is 2.32 bits per heavy atom. The van der Waals surface area contributed by atoms with Crippen LogP contribution in [0.15, 0.2) is 29.3 Å². The van der Waals surface area contributed by atoms with Gasteiger partial charge in [-0.05, 0) is 31.0 Å². The summed E-state index contributed by atoms with van der Waals surface area (Å²) in [6.07, 6.45) is 3.60. The number of aromatic nitrogens is 3. The molecule has 114 valence electrons. The molecule has 3 heterocycles. The molecule has 2 aromatic heterocycles. The minimum atomic E-state index is -0.328. The van der Waals surface area contributed by atoms with Crippen LogP contribution in [0, 0.1) is 5.82 Å². The highest BCUT2D eigenvalue weighted by Crippen LogP contribution is 2.25. The fourth-order valence-electron chi connectivity index (χ4n) is 3.23. The van der Waals surface area contributed by atoms with Crippen molar-refractivity contribution in [3.63, 3.8) is 0 Å². The molecule has 1 atom stereocenters. The van der Waals surface area contributed by atoms with Gasteiger partial charge in [-0.2, -0.15) is 0 Å². The number of fused-ring (bicyclic) bond motifs is 3. The van der Waals surface area contributed by atoms with Gasteiger partial charge >= 0.3 is 0 Å². The fraction of sp³-hybridized carbons (Fsp3) is 0.375. The molecule has 0 bridgehead atoms. The van der Waals surface area contributed by atoms with Crippen LogP contribution in [0.25, 0.3) is 21.9 Å². The van der Waals surface area contributed by atoms with Gasteiger partial charge in [-0.15, -0.1) is 0 Å². The standard InChI is InChI=1S/C16H16FN3O2/c1-19-13-5-4-10(17)7-12(13)14-15(19)16(21)20(9-18-14)8-11-3-2-6-22-11/h4-5,7,9,11H,2-3,6,8H2,1H3/t11-/m0/s1. The van der Waals surface area contributed by atoms with Crippen LogP contribution in [0.4, 0.5) is 4.39 Å². The Hall–Kier alpha value is -2.21. The summed E-state index contributed by atoms with van der Waals surface area (Å²) in [4.78, 5) is 17.1. The number of aryl methyl sites for hydroxylation is 1. The Labute approximate surface area is 125 Å². The SMILES string of the molecule is Cn1c2ccc(F)cc2c2ncn(C[C@@H]3CCCO3)c(=O)c21. The van der Waals surface area contributed by atoms with Gasteiger partial charge in [0.1, 0.15) is 16.9 Å². The number of hydrogen-bond donors (Lipinski definition) is 0. The van der Waals surface area contributed by atoms with Crippen molar-refractivity contribution in [2.45, 2.75) is 25.5 Å². The van der Waals surface area contributed by atoms with Crippen LogP contribution in [0.5, 0.6) is 0 Å². The maximum absolute atomic E-state index is 13.5. The summed E-state index contributed by atoms with van der Waals surface area (Å²) in [5, 5.41) is 0.666. The molecule has 5 nitrogen and oxygen atoms in total. The molecule has 1 aromatic carbocycles. The van der Waals surface area contributed by atoms with E-state index in [1.165, 1.54) is 18.5 Å². The lowest BCUT2D eigenvalue weighted by atomic mass is 10.2. The highest BCUT2D eigenvalue weighted by Gasteiger charge is 2.19. The summed E-state index contributed by atoms with van der Waals surface area (Å²) in [5.41, 5.74) is 1.74. The van der Waals surface area contributed by atoms with Crippen LogP contribution >= 0.6 is 0 Å². The Kier molecular flexibility index (Phi) is 3.00. The molecule has 4 rings (SSSR count). The first-order valence-electron chi connectivity index (χ1n) is 7.40. The van der Waals surface area contributed by atoms with Gasteiger partial charge in [0.25, 0.3) is 5.56 Å². The summed E-state index contributed by atoms with van der Waals surface area (Å²) < 4.78 is 22.4. The van der Waals surface area contributed by atoms with Crippen LogP contribution in [0.2, 0.25) is 0 Å². The van der Waals surface area contributed by atoms with E-state index in [0.717, 1.165) is 25.0 Å². The first kappa shape index (κ1) is 13.5. The van der Waals surface area contributed by atoms with E-state index in [2.05, 4.69) is 4.98 Å². The smallest absolute Gasteiger partial charge is 0.277 e. The van der Waals surface area contributed by atoms with Crippen LogP contribution < -0.4 is 5.56 Å². The fourth-order valence-corrected chi connectivity index (χ4v) is 3.23. The number of hydrogen-bond acceptors (Lipinski definition) is 3. The molecule has 0 radical (unpaired) electrons. The summed E-state index contributed by atoms with van der Waals surface area (Å²) in [5.74, 6) is -0.328. The van der Waals surface area contributed by atoms with Crippen molar-refractivity contribution in [2.75, 3.05) is 6.61 Å². The van der Waals surface area contributed by atoms with Gasteiger partial charge in [0.15, 0.2) is 0 Å². The normalized spacial score (nSPS) is 18.5. The largest absolute Gasteiger partial charge is 0.376 e. The van der Waals surface area contributed by atoms with E-state index in [1.54, 1.807) is 15.2 Å². The van der Waals surface area contributed by atoms with Gasteiger partial charge in [0, 0.05) is 19.0 Å². The van der Waals surface area contributed by atoms with Crippen molar-refractivity contribution in [1.29, 1.82) is 0 Å². The summed E-state index contributed by atoms with van der Waals surface area (Å²) in [6, 6.07) is 4.50. The van der Waals surface area contributed by atoms with E-state index in [4.69, 9.17) is 4.74 Å². The van der Waals surface area contributed by atoms with Crippen LogP contribution in [0.3, 0.4) is 0 Å². The molecule has 1 saturated heterocycles. The van der Waals surface area contributed by atoms with Crippen LogP contribution in [-0.4, -0.2) is 26.8 Å².